The zero-order valence-corrected chi connectivity index (χ0v) is 28.0. The maximum absolute atomic E-state index is 12.6. The molecule has 1 fully saturated rings. The SMILES string of the molecule is CC.CCCCCCNC(=O)CCCNC(=O)CN1CCN(CC)CCN(CC=O)CCN(CC(=O)O)CC1.CO.O=CO. The topological polar surface area (TPSA) is 183 Å². The molecule has 0 saturated carbocycles. The van der Waals surface area contributed by atoms with Gasteiger partial charge in [0.05, 0.1) is 19.6 Å². The van der Waals surface area contributed by atoms with Gasteiger partial charge in [-0.05, 0) is 19.4 Å². The lowest BCUT2D eigenvalue weighted by atomic mass is 10.2. The largest absolute Gasteiger partial charge is 0.483 e. The number of aliphatic hydroxyl groups is 1. The van der Waals surface area contributed by atoms with Crippen LogP contribution in [0.2, 0.25) is 0 Å². The van der Waals surface area contributed by atoms with E-state index in [2.05, 4.69) is 39.2 Å². The molecule has 0 unspecified atom stereocenters. The Morgan fingerprint density at radius 3 is 1.61 bits per heavy atom. The number of aldehydes is 1. The Hall–Kier alpha value is -2.65. The van der Waals surface area contributed by atoms with Gasteiger partial charge in [0.2, 0.25) is 11.8 Å². The van der Waals surface area contributed by atoms with E-state index in [4.69, 9.17) is 15.0 Å². The first kappa shape index (κ1) is 45.8. The molecule has 1 aliphatic heterocycles. The van der Waals surface area contributed by atoms with Crippen LogP contribution in [-0.4, -0.2) is 164 Å². The minimum atomic E-state index is -0.888. The number of carboxylic acid groups (broad SMARTS) is 2. The predicted molar refractivity (Wildman–Crippen MR) is 173 cm³/mol. The lowest BCUT2D eigenvalue weighted by molar-refractivity contribution is -0.138. The molecule has 1 heterocycles. The van der Waals surface area contributed by atoms with E-state index < -0.39 is 5.97 Å². The highest BCUT2D eigenvalue weighted by atomic mass is 16.4. The number of unbranched alkanes of at least 4 members (excludes halogenated alkanes) is 3. The first-order chi connectivity index (χ1) is 21.3. The number of rotatable bonds is 16. The number of aliphatic carboxylic acids is 1. The third kappa shape index (κ3) is 29.4. The van der Waals surface area contributed by atoms with Gasteiger partial charge in [-0.2, -0.15) is 0 Å². The molecule has 0 radical (unpaired) electrons. The van der Waals surface area contributed by atoms with Gasteiger partial charge in [-0.15, -0.1) is 0 Å². The van der Waals surface area contributed by atoms with Gasteiger partial charge in [0.15, 0.2) is 0 Å². The molecule has 1 rings (SSSR count). The van der Waals surface area contributed by atoms with Crippen molar-refractivity contribution >= 4 is 30.5 Å². The summed E-state index contributed by atoms with van der Waals surface area (Å²) in [6.45, 7) is 15.8. The molecule has 0 aliphatic carbocycles. The molecule has 14 nitrogen and oxygen atoms in total. The Morgan fingerprint density at radius 2 is 1.14 bits per heavy atom. The number of amides is 2. The van der Waals surface area contributed by atoms with E-state index in [1.165, 1.54) is 12.8 Å². The number of carboxylic acids is 1. The molecule has 0 aromatic rings. The van der Waals surface area contributed by atoms with Crippen molar-refractivity contribution in [2.24, 2.45) is 0 Å². The summed E-state index contributed by atoms with van der Waals surface area (Å²) in [6, 6.07) is 0. The van der Waals surface area contributed by atoms with Crippen LogP contribution in [0.1, 0.15) is 66.2 Å². The second-order valence-corrected chi connectivity index (χ2v) is 9.82. The fourth-order valence-electron chi connectivity index (χ4n) is 4.29. The number of carbonyl (C=O) groups excluding carboxylic acids is 3. The highest BCUT2D eigenvalue weighted by molar-refractivity contribution is 5.78. The van der Waals surface area contributed by atoms with Gasteiger partial charge in [0.1, 0.15) is 6.29 Å². The van der Waals surface area contributed by atoms with E-state index in [9.17, 15) is 24.3 Å². The van der Waals surface area contributed by atoms with Gasteiger partial charge in [0.25, 0.3) is 6.47 Å². The summed E-state index contributed by atoms with van der Waals surface area (Å²) in [6.07, 6.45) is 6.38. The van der Waals surface area contributed by atoms with Crippen LogP contribution in [-0.2, 0) is 24.0 Å². The number of aliphatic hydroxyl groups excluding tert-OH is 1. The first-order valence-electron chi connectivity index (χ1n) is 15.9. The second kappa shape index (κ2) is 34.8. The zero-order chi connectivity index (χ0) is 34.0. The van der Waals surface area contributed by atoms with Crippen LogP contribution >= 0.6 is 0 Å². The van der Waals surface area contributed by atoms with E-state index in [0.717, 1.165) is 52.4 Å². The first-order valence-corrected chi connectivity index (χ1v) is 15.9. The standard InChI is InChI=1S/C26H50N6O5.C2H6.CH2O2.CH4O/c1-3-5-6-7-10-27-24(34)9-8-11-28-25(35)22-31-16-13-29(4-2)12-14-30(20-21-33)15-17-32(19-18-31)23-26(36)37;1-2;2-1-3;1-2/h21H,3-20,22-23H2,1-2H3,(H,27,34)(H,28,35)(H,36,37);1-2H3;1H,(H,2,3);2H,1H3. The Labute approximate surface area is 265 Å². The minimum Gasteiger partial charge on any atom is -0.483 e. The molecule has 0 spiro atoms. The number of nitrogens with one attached hydrogen (secondary N) is 2. The predicted octanol–water partition coefficient (Wildman–Crippen LogP) is 0.440. The summed E-state index contributed by atoms with van der Waals surface area (Å²) in [5.74, 6) is -0.948. The van der Waals surface area contributed by atoms with Crippen molar-refractivity contribution in [2.75, 3.05) is 98.7 Å². The van der Waals surface area contributed by atoms with Gasteiger partial charge >= 0.3 is 5.97 Å². The van der Waals surface area contributed by atoms with E-state index in [1.807, 2.05) is 18.7 Å². The van der Waals surface area contributed by atoms with Crippen LogP contribution in [0.15, 0.2) is 0 Å². The molecule has 1 saturated heterocycles. The molecule has 0 aromatic carbocycles. The Bertz CT molecular complexity index is 717. The molecular formula is C30H62N6O8. The summed E-state index contributed by atoms with van der Waals surface area (Å²) in [5.41, 5.74) is 0. The monoisotopic (exact) mass is 634 g/mol. The van der Waals surface area contributed by atoms with Crippen molar-refractivity contribution in [1.82, 2.24) is 30.2 Å². The maximum atomic E-state index is 12.6. The number of nitrogens with zero attached hydrogens (tertiary/aromatic N) is 4. The third-order valence-corrected chi connectivity index (χ3v) is 6.69. The van der Waals surface area contributed by atoms with Crippen molar-refractivity contribution in [3.05, 3.63) is 0 Å². The molecule has 44 heavy (non-hydrogen) atoms. The van der Waals surface area contributed by atoms with Crippen LogP contribution in [0.5, 0.6) is 0 Å². The summed E-state index contributed by atoms with van der Waals surface area (Å²) < 4.78 is 0. The molecule has 0 atom stereocenters. The van der Waals surface area contributed by atoms with Crippen LogP contribution in [0.3, 0.4) is 0 Å². The Morgan fingerprint density at radius 1 is 0.682 bits per heavy atom. The van der Waals surface area contributed by atoms with E-state index in [-0.39, 0.29) is 31.4 Å². The van der Waals surface area contributed by atoms with E-state index >= 15 is 0 Å². The molecular weight excluding hydrogens is 572 g/mol. The summed E-state index contributed by atoms with van der Waals surface area (Å²) >= 11 is 0. The number of hydrogen-bond donors (Lipinski definition) is 5. The fraction of sp³-hybridized carbons (Fsp3) is 0.833. The number of carbonyl (C=O) groups is 5. The summed E-state index contributed by atoms with van der Waals surface area (Å²) in [7, 11) is 1.00. The van der Waals surface area contributed by atoms with Crippen molar-refractivity contribution in [3.63, 3.8) is 0 Å². The molecule has 260 valence electrons. The van der Waals surface area contributed by atoms with Gasteiger partial charge in [0, 0.05) is 79.0 Å². The number of hydrogen-bond acceptors (Lipinski definition) is 10. The molecule has 2 amide bonds. The summed E-state index contributed by atoms with van der Waals surface area (Å²) in [4.78, 5) is 63.7. The summed E-state index contributed by atoms with van der Waals surface area (Å²) in [5, 5.41) is 29.1. The highest BCUT2D eigenvalue weighted by Crippen LogP contribution is 2.01. The van der Waals surface area contributed by atoms with Gasteiger partial charge < -0.3 is 35.6 Å². The average Bonchev–Trinajstić information content (AvgIpc) is 3.01. The lowest BCUT2D eigenvalue weighted by Gasteiger charge is -2.32. The van der Waals surface area contributed by atoms with Gasteiger partial charge in [-0.25, -0.2) is 0 Å². The second-order valence-electron chi connectivity index (χ2n) is 9.82. The molecule has 14 heteroatoms. The van der Waals surface area contributed by atoms with Crippen LogP contribution in [0.4, 0.5) is 0 Å². The molecule has 0 aromatic heterocycles. The van der Waals surface area contributed by atoms with Crippen molar-refractivity contribution in [1.29, 1.82) is 0 Å². The highest BCUT2D eigenvalue weighted by Gasteiger charge is 2.18. The van der Waals surface area contributed by atoms with Crippen LogP contribution in [0, 0.1) is 0 Å². The quantitative estimate of drug-likeness (QED) is 0.117. The van der Waals surface area contributed by atoms with Crippen LogP contribution < -0.4 is 10.6 Å². The van der Waals surface area contributed by atoms with Crippen molar-refractivity contribution in [3.8, 4) is 0 Å². The number of likely N-dealkylation sites (N-methyl/N-ethyl adjacent to an activating group) is 1. The van der Waals surface area contributed by atoms with Crippen molar-refractivity contribution in [2.45, 2.75) is 66.2 Å². The maximum Gasteiger partial charge on any atom is 0.317 e. The normalized spacial score (nSPS) is 15.2. The van der Waals surface area contributed by atoms with Gasteiger partial charge in [-0.3, -0.25) is 33.9 Å². The van der Waals surface area contributed by atoms with Crippen LogP contribution in [0.25, 0.3) is 0 Å². The fourth-order valence-corrected chi connectivity index (χ4v) is 4.29. The molecule has 5 N–H and O–H groups in total. The van der Waals surface area contributed by atoms with E-state index in [1.54, 1.807) is 0 Å². The average molecular weight is 635 g/mol. The van der Waals surface area contributed by atoms with Gasteiger partial charge in [-0.1, -0.05) is 47.0 Å². The Kier molecular flexibility index (Phi) is 36.2. The molecule has 1 aliphatic rings. The lowest BCUT2D eigenvalue weighted by Crippen LogP contribution is -2.48. The smallest absolute Gasteiger partial charge is 0.317 e. The van der Waals surface area contributed by atoms with E-state index in [0.29, 0.717) is 65.2 Å². The van der Waals surface area contributed by atoms with Crippen molar-refractivity contribution < 1.29 is 39.3 Å². The molecule has 0 bridgehead atoms. The zero-order valence-electron chi connectivity index (χ0n) is 28.0. The third-order valence-electron chi connectivity index (χ3n) is 6.69. The minimum absolute atomic E-state index is 0.0266. The Balaban J connectivity index is -0.00000221.